The van der Waals surface area contributed by atoms with Crippen molar-refractivity contribution < 1.29 is 19.1 Å². The molecule has 146 valence electrons. The molecule has 0 atom stereocenters. The summed E-state index contributed by atoms with van der Waals surface area (Å²) < 4.78 is 10.7. The molecule has 0 bridgehead atoms. The van der Waals surface area contributed by atoms with E-state index in [1.54, 1.807) is 12.2 Å². The van der Waals surface area contributed by atoms with E-state index in [1.807, 2.05) is 55.5 Å². The average molecular weight is 378 g/mol. The molecular weight excluding hydrogens is 352 g/mol. The summed E-state index contributed by atoms with van der Waals surface area (Å²) in [6.45, 7) is 9.57. The molecule has 0 aliphatic rings. The summed E-state index contributed by atoms with van der Waals surface area (Å²) >= 11 is 0. The fourth-order valence-corrected chi connectivity index (χ4v) is 2.75. The third-order valence-electron chi connectivity index (χ3n) is 4.28. The number of rotatable bonds is 10. The maximum atomic E-state index is 12.5. The highest BCUT2D eigenvalue weighted by Crippen LogP contribution is 2.16. The standard InChI is InChI=1S/C24H26O4/c1-4-9-22(23(25)27-16-20-12-7-10-18(5-2)14-20)24(26)28-17-21-13-8-11-19(6-3)15-21/h5-8,10-15,22H,2-4,9,16-17H2,1H3. The Morgan fingerprint density at radius 2 is 1.36 bits per heavy atom. The van der Waals surface area contributed by atoms with Gasteiger partial charge in [0.15, 0.2) is 5.92 Å². The fourth-order valence-electron chi connectivity index (χ4n) is 2.75. The average Bonchev–Trinajstić information content (AvgIpc) is 2.74. The van der Waals surface area contributed by atoms with Crippen LogP contribution in [0, 0.1) is 5.92 Å². The van der Waals surface area contributed by atoms with Gasteiger partial charge in [-0.25, -0.2) is 0 Å². The van der Waals surface area contributed by atoms with Gasteiger partial charge in [0, 0.05) is 0 Å². The van der Waals surface area contributed by atoms with E-state index in [2.05, 4.69) is 13.2 Å². The van der Waals surface area contributed by atoms with Crippen molar-refractivity contribution in [2.24, 2.45) is 5.92 Å². The van der Waals surface area contributed by atoms with Crippen LogP contribution in [0.4, 0.5) is 0 Å². The normalized spacial score (nSPS) is 10.4. The topological polar surface area (TPSA) is 52.6 Å². The number of ether oxygens (including phenoxy) is 2. The third kappa shape index (κ3) is 6.23. The van der Waals surface area contributed by atoms with E-state index in [9.17, 15) is 9.59 Å². The van der Waals surface area contributed by atoms with Crippen LogP contribution >= 0.6 is 0 Å². The Morgan fingerprint density at radius 1 is 0.893 bits per heavy atom. The Kier molecular flexibility index (Phi) is 8.22. The number of esters is 2. The molecule has 2 aromatic rings. The molecular formula is C24H26O4. The Labute approximate surface area is 166 Å². The highest BCUT2D eigenvalue weighted by atomic mass is 16.6. The zero-order chi connectivity index (χ0) is 20.4. The molecule has 4 heteroatoms. The van der Waals surface area contributed by atoms with Crippen molar-refractivity contribution in [2.75, 3.05) is 0 Å². The summed E-state index contributed by atoms with van der Waals surface area (Å²) in [6.07, 6.45) is 4.51. The quantitative estimate of drug-likeness (QED) is 0.422. The number of carbonyl (C=O) groups is 2. The first-order valence-electron chi connectivity index (χ1n) is 9.33. The second-order valence-corrected chi connectivity index (χ2v) is 6.46. The molecule has 2 rings (SSSR count). The molecule has 2 aromatic carbocycles. The van der Waals surface area contributed by atoms with E-state index in [1.165, 1.54) is 0 Å². The van der Waals surface area contributed by atoms with E-state index in [4.69, 9.17) is 9.47 Å². The van der Waals surface area contributed by atoms with E-state index < -0.39 is 17.9 Å². The molecule has 4 nitrogen and oxygen atoms in total. The minimum absolute atomic E-state index is 0.107. The number of hydrogen-bond donors (Lipinski definition) is 0. The SMILES string of the molecule is C=Cc1cccc(COC(=O)C(CCC)C(=O)OCc2cccc(C=C)c2)c1. The fraction of sp³-hybridized carbons (Fsp3) is 0.250. The van der Waals surface area contributed by atoms with Gasteiger partial charge in [-0.15, -0.1) is 0 Å². The lowest BCUT2D eigenvalue weighted by Crippen LogP contribution is -2.28. The molecule has 0 unspecified atom stereocenters. The Balaban J connectivity index is 1.95. The molecule has 0 N–H and O–H groups in total. The predicted octanol–water partition coefficient (Wildman–Crippen LogP) is 5.18. The first kappa shape index (κ1) is 21.2. The minimum Gasteiger partial charge on any atom is -0.460 e. The molecule has 0 spiro atoms. The molecule has 0 radical (unpaired) electrons. The number of benzene rings is 2. The van der Waals surface area contributed by atoms with Crippen LogP contribution in [-0.2, 0) is 32.3 Å². The van der Waals surface area contributed by atoms with Gasteiger partial charge in [0.1, 0.15) is 13.2 Å². The smallest absolute Gasteiger partial charge is 0.320 e. The van der Waals surface area contributed by atoms with Crippen LogP contribution < -0.4 is 0 Å². The molecule has 0 saturated carbocycles. The summed E-state index contributed by atoms with van der Waals surface area (Å²) in [5.41, 5.74) is 3.57. The predicted molar refractivity (Wildman–Crippen MR) is 111 cm³/mol. The summed E-state index contributed by atoms with van der Waals surface area (Å²) in [5, 5.41) is 0. The largest absolute Gasteiger partial charge is 0.460 e. The van der Waals surface area contributed by atoms with Crippen LogP contribution in [0.1, 0.15) is 42.0 Å². The van der Waals surface area contributed by atoms with Gasteiger partial charge < -0.3 is 9.47 Å². The Hall–Kier alpha value is -3.14. The Bertz CT molecular complexity index is 771. The maximum Gasteiger partial charge on any atom is 0.320 e. The van der Waals surface area contributed by atoms with Crippen molar-refractivity contribution >= 4 is 24.1 Å². The van der Waals surface area contributed by atoms with Crippen LogP contribution in [0.3, 0.4) is 0 Å². The lowest BCUT2D eigenvalue weighted by atomic mass is 10.0. The summed E-state index contributed by atoms with van der Waals surface area (Å²) in [4.78, 5) is 24.9. The van der Waals surface area contributed by atoms with Gasteiger partial charge in [-0.1, -0.05) is 75.1 Å². The van der Waals surface area contributed by atoms with Gasteiger partial charge in [0.25, 0.3) is 0 Å². The van der Waals surface area contributed by atoms with Crippen molar-refractivity contribution in [1.29, 1.82) is 0 Å². The monoisotopic (exact) mass is 378 g/mol. The van der Waals surface area contributed by atoms with Crippen LogP contribution in [0.2, 0.25) is 0 Å². The minimum atomic E-state index is -0.921. The molecule has 0 heterocycles. The summed E-state index contributed by atoms with van der Waals surface area (Å²) in [7, 11) is 0. The van der Waals surface area contributed by atoms with Gasteiger partial charge >= 0.3 is 11.9 Å². The molecule has 0 aromatic heterocycles. The van der Waals surface area contributed by atoms with Crippen molar-refractivity contribution in [1.82, 2.24) is 0 Å². The van der Waals surface area contributed by atoms with Crippen molar-refractivity contribution in [3.05, 3.63) is 83.9 Å². The molecule has 0 aliphatic heterocycles. The van der Waals surface area contributed by atoms with Crippen LogP contribution in [0.15, 0.2) is 61.7 Å². The lowest BCUT2D eigenvalue weighted by Gasteiger charge is -2.15. The first-order valence-corrected chi connectivity index (χ1v) is 9.33. The highest BCUT2D eigenvalue weighted by Gasteiger charge is 2.29. The zero-order valence-electron chi connectivity index (χ0n) is 16.2. The van der Waals surface area contributed by atoms with Gasteiger partial charge in [-0.2, -0.15) is 0 Å². The third-order valence-corrected chi connectivity index (χ3v) is 4.28. The number of carbonyl (C=O) groups excluding carboxylic acids is 2. The summed E-state index contributed by atoms with van der Waals surface area (Å²) in [6, 6.07) is 15.1. The molecule has 0 fully saturated rings. The van der Waals surface area contributed by atoms with Gasteiger partial charge in [0.2, 0.25) is 0 Å². The molecule has 0 aliphatic carbocycles. The summed E-state index contributed by atoms with van der Waals surface area (Å²) in [5.74, 6) is -2.04. The van der Waals surface area contributed by atoms with Crippen molar-refractivity contribution in [2.45, 2.75) is 33.0 Å². The highest BCUT2D eigenvalue weighted by molar-refractivity contribution is 5.94. The molecule has 0 saturated heterocycles. The van der Waals surface area contributed by atoms with Crippen molar-refractivity contribution in [3.8, 4) is 0 Å². The number of hydrogen-bond acceptors (Lipinski definition) is 4. The molecule has 28 heavy (non-hydrogen) atoms. The second kappa shape index (κ2) is 10.9. The van der Waals surface area contributed by atoms with E-state index in [-0.39, 0.29) is 13.2 Å². The van der Waals surface area contributed by atoms with E-state index in [0.717, 1.165) is 22.3 Å². The maximum absolute atomic E-state index is 12.5. The van der Waals surface area contributed by atoms with Crippen molar-refractivity contribution in [3.63, 3.8) is 0 Å². The zero-order valence-corrected chi connectivity index (χ0v) is 16.2. The van der Waals surface area contributed by atoms with Crippen LogP contribution in [0.25, 0.3) is 12.2 Å². The Morgan fingerprint density at radius 3 is 1.75 bits per heavy atom. The second-order valence-electron chi connectivity index (χ2n) is 6.46. The van der Waals surface area contributed by atoms with Crippen LogP contribution in [-0.4, -0.2) is 11.9 Å². The van der Waals surface area contributed by atoms with Gasteiger partial charge in [0.05, 0.1) is 0 Å². The van der Waals surface area contributed by atoms with E-state index in [0.29, 0.717) is 12.8 Å². The lowest BCUT2D eigenvalue weighted by molar-refractivity contribution is -0.164. The van der Waals surface area contributed by atoms with Crippen LogP contribution in [0.5, 0.6) is 0 Å². The van der Waals surface area contributed by atoms with Gasteiger partial charge in [-0.05, 0) is 40.8 Å². The molecule has 0 amide bonds. The van der Waals surface area contributed by atoms with Gasteiger partial charge in [-0.3, -0.25) is 9.59 Å². The van der Waals surface area contributed by atoms with E-state index >= 15 is 0 Å². The first-order chi connectivity index (χ1) is 13.6.